The molecule has 9 rings (SSSR count). The SMILES string of the molecule is [2H]c1c([2H])c([2H])c(-c2cccc(-c3c4ccccc4c(-c4c([2H])c([2H])c5oc6c([2H])c([2H])c(-c7c([2H])c([2H])c([2H])c([2H])c7[2H])c([2H])c6c5c4[2H])c4ccccc34)c2)c([2H])c1[2H]. The Kier molecular flexibility index (Phi) is 3.28. The van der Waals surface area contributed by atoms with E-state index in [2.05, 4.69) is 0 Å². The Morgan fingerprint density at radius 1 is 0.356 bits per heavy atom. The van der Waals surface area contributed by atoms with Gasteiger partial charge in [0.2, 0.25) is 0 Å². The van der Waals surface area contributed by atoms with Crippen LogP contribution in [0.2, 0.25) is 0 Å². The molecule has 9 aromatic rings. The summed E-state index contributed by atoms with van der Waals surface area (Å²) in [6.45, 7) is 0. The third kappa shape index (κ3) is 4.24. The fourth-order valence-corrected chi connectivity index (χ4v) is 5.96. The molecule has 0 aliphatic carbocycles. The minimum Gasteiger partial charge on any atom is -0.456 e. The number of benzene rings is 8. The molecule has 1 nitrogen and oxygen atoms in total. The Labute approximate surface area is 284 Å². The highest BCUT2D eigenvalue weighted by Gasteiger charge is 2.18. The molecule has 0 fully saturated rings. The van der Waals surface area contributed by atoms with Crippen molar-refractivity contribution in [3.8, 4) is 44.5 Å². The van der Waals surface area contributed by atoms with E-state index in [-0.39, 0.29) is 51.2 Å². The molecular weight excluding hydrogens is 544 g/mol. The summed E-state index contributed by atoms with van der Waals surface area (Å²) < 4.78 is 145. The second-order valence-electron chi connectivity index (χ2n) is 10.4. The second-order valence-corrected chi connectivity index (χ2v) is 10.4. The van der Waals surface area contributed by atoms with Crippen LogP contribution in [-0.2, 0) is 0 Å². The molecule has 0 bridgehead atoms. The van der Waals surface area contributed by atoms with Gasteiger partial charge in [0, 0.05) is 10.8 Å². The molecule has 0 aliphatic rings. The normalized spacial score (nSPS) is 16.5. The van der Waals surface area contributed by atoms with Crippen LogP contribution in [0.15, 0.2) is 174 Å². The number of furan rings is 1. The van der Waals surface area contributed by atoms with Crippen LogP contribution in [0.5, 0.6) is 0 Å². The predicted molar refractivity (Wildman–Crippen MR) is 190 cm³/mol. The van der Waals surface area contributed by atoms with Crippen molar-refractivity contribution < 1.29 is 26.3 Å². The molecule has 8 aromatic carbocycles. The lowest BCUT2D eigenvalue weighted by Gasteiger charge is -2.18. The van der Waals surface area contributed by atoms with Gasteiger partial charge >= 0.3 is 0 Å². The summed E-state index contributed by atoms with van der Waals surface area (Å²) in [5.41, 5.74) is 0.656. The number of fused-ring (bicyclic) bond motifs is 5. The molecule has 0 atom stereocenters. The fourth-order valence-electron chi connectivity index (χ4n) is 5.96. The van der Waals surface area contributed by atoms with Crippen molar-refractivity contribution in [1.82, 2.24) is 0 Å². The van der Waals surface area contributed by atoms with E-state index in [1.165, 1.54) is 0 Å². The van der Waals surface area contributed by atoms with Crippen LogP contribution in [0.3, 0.4) is 0 Å². The zero-order valence-electron chi connectivity index (χ0n) is 39.3. The van der Waals surface area contributed by atoms with Gasteiger partial charge in [0.05, 0.1) is 21.9 Å². The lowest BCUT2D eigenvalue weighted by molar-refractivity contribution is 0.669. The lowest BCUT2D eigenvalue weighted by Crippen LogP contribution is -1.91. The van der Waals surface area contributed by atoms with Crippen LogP contribution >= 0.6 is 0 Å². The van der Waals surface area contributed by atoms with Crippen molar-refractivity contribution in [2.75, 3.05) is 0 Å². The first-order valence-electron chi connectivity index (χ1n) is 22.1. The van der Waals surface area contributed by atoms with Gasteiger partial charge in [-0.2, -0.15) is 0 Å². The third-order valence-electron chi connectivity index (χ3n) is 7.88. The standard InChI is InChI=1S/C44H28O/c1-3-12-29(13-4-1)31-16-11-17-33(26-31)43-35-18-7-9-20-37(35)44(38-21-10-8-19-36(38)43)34-23-25-42-40(28-34)39-27-32(22-24-41(39)45-42)30-14-5-2-6-15-30/h1-28H/i1D,2D,3D,4D,5D,6D,12D,13D,14D,15D,22D,23D,24D,25D,27D,28D. The monoisotopic (exact) mass is 588 g/mol. The van der Waals surface area contributed by atoms with Gasteiger partial charge in [-0.3, -0.25) is 0 Å². The Balaban J connectivity index is 1.38. The highest BCUT2D eigenvalue weighted by atomic mass is 16.3. The molecule has 0 aliphatic heterocycles. The Hall–Kier alpha value is -5.92. The van der Waals surface area contributed by atoms with Crippen molar-refractivity contribution >= 4 is 43.5 Å². The minimum absolute atomic E-state index is 0.00253. The first-order valence-corrected chi connectivity index (χ1v) is 14.1. The fraction of sp³-hybridized carbons (Fsp3) is 0. The molecule has 210 valence electrons. The first kappa shape index (κ1) is 14.2. The Bertz CT molecular complexity index is 3330. The van der Waals surface area contributed by atoms with Crippen LogP contribution in [0.25, 0.3) is 88.0 Å². The van der Waals surface area contributed by atoms with E-state index in [9.17, 15) is 5.48 Å². The molecule has 0 spiro atoms. The van der Waals surface area contributed by atoms with Crippen molar-refractivity contribution in [2.24, 2.45) is 0 Å². The highest BCUT2D eigenvalue weighted by molar-refractivity contribution is 6.22. The molecular formula is C44H28O. The molecule has 1 heteroatoms. The number of hydrogen-bond acceptors (Lipinski definition) is 1. The molecule has 0 amide bonds. The summed E-state index contributed by atoms with van der Waals surface area (Å²) in [5.74, 6) is 0. The third-order valence-corrected chi connectivity index (χ3v) is 7.88. The predicted octanol–water partition coefficient (Wildman–Crippen LogP) is 12.6. The zero-order chi connectivity index (χ0) is 43.7. The topological polar surface area (TPSA) is 13.1 Å². The summed E-state index contributed by atoms with van der Waals surface area (Å²) in [7, 11) is 0. The summed E-state index contributed by atoms with van der Waals surface area (Å²) in [5, 5.41) is 2.15. The number of hydrogen-bond donors (Lipinski definition) is 0. The molecule has 0 saturated heterocycles. The average molecular weight is 589 g/mol. The van der Waals surface area contributed by atoms with E-state index in [4.69, 9.17) is 20.9 Å². The molecule has 45 heavy (non-hydrogen) atoms. The van der Waals surface area contributed by atoms with Crippen molar-refractivity contribution in [3.63, 3.8) is 0 Å². The van der Waals surface area contributed by atoms with Crippen LogP contribution in [0.1, 0.15) is 21.9 Å². The van der Waals surface area contributed by atoms with Gasteiger partial charge in [-0.15, -0.1) is 0 Å². The summed E-state index contributed by atoms with van der Waals surface area (Å²) in [4.78, 5) is 0. The maximum Gasteiger partial charge on any atom is 0.135 e. The maximum atomic E-state index is 9.78. The first-order chi connectivity index (χ1) is 29.0. The molecule has 0 N–H and O–H groups in total. The summed E-state index contributed by atoms with van der Waals surface area (Å²) in [6, 6.07) is 13.0. The zero-order valence-corrected chi connectivity index (χ0v) is 23.3. The Morgan fingerprint density at radius 3 is 1.40 bits per heavy atom. The van der Waals surface area contributed by atoms with Gasteiger partial charge in [-0.05, 0) is 96.3 Å². The van der Waals surface area contributed by atoms with Crippen LogP contribution in [0, 0.1) is 0 Å². The van der Waals surface area contributed by atoms with Crippen LogP contribution in [-0.4, -0.2) is 0 Å². The van der Waals surface area contributed by atoms with Gasteiger partial charge in [0.15, 0.2) is 0 Å². The minimum atomic E-state index is -0.697. The van der Waals surface area contributed by atoms with Crippen LogP contribution in [0.4, 0.5) is 0 Å². The molecule has 0 unspecified atom stereocenters. The molecule has 1 heterocycles. The van der Waals surface area contributed by atoms with E-state index in [0.717, 1.165) is 0 Å². The number of rotatable bonds is 4. The van der Waals surface area contributed by atoms with Gasteiger partial charge in [-0.1, -0.05) is 139 Å². The van der Waals surface area contributed by atoms with E-state index < -0.39 is 89.7 Å². The van der Waals surface area contributed by atoms with Crippen molar-refractivity contribution in [1.29, 1.82) is 0 Å². The Morgan fingerprint density at radius 2 is 0.822 bits per heavy atom. The quantitative estimate of drug-likeness (QED) is 0.186. The van der Waals surface area contributed by atoms with E-state index >= 15 is 0 Å². The maximum absolute atomic E-state index is 9.78. The van der Waals surface area contributed by atoms with Gasteiger partial charge in [-0.25, -0.2) is 0 Å². The van der Waals surface area contributed by atoms with Crippen LogP contribution < -0.4 is 0 Å². The molecule has 0 saturated carbocycles. The average Bonchev–Trinajstić information content (AvgIpc) is 3.68. The molecule has 0 radical (unpaired) electrons. The van der Waals surface area contributed by atoms with E-state index in [1.807, 2.05) is 30.3 Å². The highest BCUT2D eigenvalue weighted by Crippen LogP contribution is 2.45. The molecule has 1 aromatic heterocycles. The van der Waals surface area contributed by atoms with Gasteiger partial charge in [0.25, 0.3) is 0 Å². The van der Waals surface area contributed by atoms with Crippen molar-refractivity contribution in [2.45, 2.75) is 0 Å². The van der Waals surface area contributed by atoms with Gasteiger partial charge in [0.1, 0.15) is 11.2 Å². The smallest absolute Gasteiger partial charge is 0.135 e. The van der Waals surface area contributed by atoms with E-state index in [1.54, 1.807) is 42.5 Å². The largest absolute Gasteiger partial charge is 0.456 e. The van der Waals surface area contributed by atoms with Crippen molar-refractivity contribution in [3.05, 3.63) is 169 Å². The summed E-state index contributed by atoms with van der Waals surface area (Å²) >= 11 is 0. The lowest BCUT2D eigenvalue weighted by atomic mass is 9.85. The van der Waals surface area contributed by atoms with E-state index in [0.29, 0.717) is 43.8 Å². The summed E-state index contributed by atoms with van der Waals surface area (Å²) in [6.07, 6.45) is 0. The van der Waals surface area contributed by atoms with Gasteiger partial charge < -0.3 is 4.42 Å². The second kappa shape index (κ2) is 10.4.